The number of aromatic nitrogens is 4. The van der Waals surface area contributed by atoms with E-state index in [4.69, 9.17) is 22.8 Å². The lowest BCUT2D eigenvalue weighted by atomic mass is 10.1. The molecule has 1 fully saturated rings. The molecule has 7 nitrogen and oxygen atoms in total. The first kappa shape index (κ1) is 20.6. The van der Waals surface area contributed by atoms with Gasteiger partial charge in [-0.3, -0.25) is 4.57 Å². The highest BCUT2D eigenvalue weighted by Gasteiger charge is 2.28. The van der Waals surface area contributed by atoms with E-state index < -0.39 is 0 Å². The monoisotopic (exact) mass is 425 g/mol. The molecule has 1 aromatic carbocycles. The van der Waals surface area contributed by atoms with Gasteiger partial charge in [0.15, 0.2) is 17.0 Å². The third-order valence-corrected chi connectivity index (χ3v) is 5.43. The molecule has 1 N–H and O–H groups in total. The molecule has 2 atom stereocenters. The minimum atomic E-state index is -0.220. The maximum Gasteiger partial charge on any atom is 0.226 e. The van der Waals surface area contributed by atoms with Crippen LogP contribution >= 0.6 is 11.6 Å². The predicted molar refractivity (Wildman–Crippen MR) is 116 cm³/mol. The molecule has 0 amide bonds. The van der Waals surface area contributed by atoms with Crippen molar-refractivity contribution in [3.63, 3.8) is 0 Å². The molecule has 2 unspecified atom stereocenters. The number of aliphatic hydroxyl groups excluding tert-OH is 1. The number of imidazole rings is 1. The third kappa shape index (κ3) is 4.12. The molecule has 3 heterocycles. The van der Waals surface area contributed by atoms with Crippen LogP contribution in [0.2, 0.25) is 5.28 Å². The fourth-order valence-corrected chi connectivity index (χ4v) is 3.95. The Morgan fingerprint density at radius 3 is 2.77 bits per heavy atom. The number of aliphatic hydroxyl groups is 1. The number of benzene rings is 1. The maximum atomic E-state index is 9.37. The van der Waals surface area contributed by atoms with Crippen molar-refractivity contribution in [2.45, 2.75) is 45.1 Å². The molecule has 30 heavy (non-hydrogen) atoms. The number of hydrogen-bond donors (Lipinski definition) is 1. The molecule has 0 bridgehead atoms. The van der Waals surface area contributed by atoms with Crippen LogP contribution in [0.1, 0.15) is 43.5 Å². The van der Waals surface area contributed by atoms with Gasteiger partial charge in [-0.25, -0.2) is 4.98 Å². The van der Waals surface area contributed by atoms with E-state index in [2.05, 4.69) is 32.7 Å². The smallest absolute Gasteiger partial charge is 0.226 e. The second-order valence-corrected chi connectivity index (χ2v) is 7.71. The summed E-state index contributed by atoms with van der Waals surface area (Å²) < 4.78 is 7.79. The summed E-state index contributed by atoms with van der Waals surface area (Å²) in [6.07, 6.45) is 9.32. The third-order valence-electron chi connectivity index (χ3n) is 5.26. The van der Waals surface area contributed by atoms with Crippen LogP contribution in [0.4, 0.5) is 5.82 Å². The minimum Gasteiger partial charge on any atom is -0.394 e. The summed E-state index contributed by atoms with van der Waals surface area (Å²) in [6, 6.07) is 7.92. The molecule has 0 radical (unpaired) electrons. The molecule has 0 aliphatic carbocycles. The summed E-state index contributed by atoms with van der Waals surface area (Å²) in [5.41, 5.74) is 3.29. The van der Waals surface area contributed by atoms with Gasteiger partial charge in [0.25, 0.3) is 0 Å². The Labute approximate surface area is 180 Å². The number of ether oxygens (including phenoxy) is 1. The number of rotatable bonds is 7. The number of fused-ring (bicyclic) bond motifs is 1. The SMILES string of the molecule is C#Cc1ccc(CN(CCC)c2nc(Cl)nc3c2ncn3C2CCC(CO)O2)cc1. The van der Waals surface area contributed by atoms with Crippen molar-refractivity contribution in [3.05, 3.63) is 47.0 Å². The van der Waals surface area contributed by atoms with Gasteiger partial charge < -0.3 is 14.7 Å². The van der Waals surface area contributed by atoms with E-state index in [1.165, 1.54) is 0 Å². The van der Waals surface area contributed by atoms with Crippen LogP contribution in [0.3, 0.4) is 0 Å². The van der Waals surface area contributed by atoms with E-state index in [0.29, 0.717) is 23.5 Å². The van der Waals surface area contributed by atoms with Crippen LogP contribution in [-0.2, 0) is 11.3 Å². The first-order valence-electron chi connectivity index (χ1n) is 10.1. The van der Waals surface area contributed by atoms with Crippen molar-refractivity contribution in [2.75, 3.05) is 18.1 Å². The lowest BCUT2D eigenvalue weighted by molar-refractivity contribution is -0.0207. The molecular formula is C22H24ClN5O2. The van der Waals surface area contributed by atoms with Crippen molar-refractivity contribution >= 4 is 28.6 Å². The Balaban J connectivity index is 1.69. The van der Waals surface area contributed by atoms with E-state index >= 15 is 0 Å². The molecule has 8 heteroatoms. The van der Waals surface area contributed by atoms with E-state index in [-0.39, 0.29) is 24.2 Å². The summed E-state index contributed by atoms with van der Waals surface area (Å²) in [6.45, 7) is 3.57. The average molecular weight is 426 g/mol. The fourth-order valence-electron chi connectivity index (χ4n) is 3.79. The van der Waals surface area contributed by atoms with Crippen LogP contribution in [0.15, 0.2) is 30.6 Å². The molecule has 4 rings (SSSR count). The number of hydrogen-bond acceptors (Lipinski definition) is 6. The van der Waals surface area contributed by atoms with Gasteiger partial charge in [-0.15, -0.1) is 6.42 Å². The van der Waals surface area contributed by atoms with Crippen LogP contribution in [0, 0.1) is 12.3 Å². The van der Waals surface area contributed by atoms with Gasteiger partial charge in [-0.05, 0) is 48.6 Å². The maximum absolute atomic E-state index is 9.37. The van der Waals surface area contributed by atoms with Crippen LogP contribution in [0.25, 0.3) is 11.2 Å². The Bertz CT molecular complexity index is 1060. The van der Waals surface area contributed by atoms with Crippen molar-refractivity contribution < 1.29 is 9.84 Å². The molecule has 156 valence electrons. The van der Waals surface area contributed by atoms with Gasteiger partial charge in [0, 0.05) is 18.7 Å². The lowest BCUT2D eigenvalue weighted by Crippen LogP contribution is -2.25. The normalized spacial score (nSPS) is 18.6. The second kappa shape index (κ2) is 9.00. The van der Waals surface area contributed by atoms with Gasteiger partial charge in [-0.1, -0.05) is 25.0 Å². The predicted octanol–water partition coefficient (Wildman–Crippen LogP) is 3.55. The van der Waals surface area contributed by atoms with E-state index in [1.54, 1.807) is 6.33 Å². The Morgan fingerprint density at radius 2 is 2.10 bits per heavy atom. The highest BCUT2D eigenvalue weighted by Crippen LogP contribution is 2.33. The molecule has 3 aromatic rings. The molecule has 1 aliphatic heterocycles. The lowest BCUT2D eigenvalue weighted by Gasteiger charge is -2.24. The largest absolute Gasteiger partial charge is 0.394 e. The standard InChI is InChI=1S/C22H24ClN5O2/c1-3-11-27(12-16-7-5-15(4-2)6-8-16)20-19-21(26-22(23)25-20)28(14-24-19)18-10-9-17(13-29)30-18/h2,5-8,14,17-18,29H,3,9-13H2,1H3. The minimum absolute atomic E-state index is 0.00681. The van der Waals surface area contributed by atoms with Crippen molar-refractivity contribution in [1.82, 2.24) is 19.5 Å². The quantitative estimate of drug-likeness (QED) is 0.461. The highest BCUT2D eigenvalue weighted by molar-refractivity contribution is 6.28. The Morgan fingerprint density at radius 1 is 1.30 bits per heavy atom. The van der Waals surface area contributed by atoms with E-state index in [0.717, 1.165) is 36.9 Å². The number of anilines is 1. The van der Waals surface area contributed by atoms with Gasteiger partial charge >= 0.3 is 0 Å². The first-order chi connectivity index (χ1) is 14.6. The first-order valence-corrected chi connectivity index (χ1v) is 10.5. The van der Waals surface area contributed by atoms with Gasteiger partial charge in [-0.2, -0.15) is 9.97 Å². The summed E-state index contributed by atoms with van der Waals surface area (Å²) in [5.74, 6) is 3.34. The van der Waals surface area contributed by atoms with Crippen molar-refractivity contribution in [3.8, 4) is 12.3 Å². The number of nitrogens with zero attached hydrogens (tertiary/aromatic N) is 5. The number of terminal acetylenes is 1. The molecule has 1 aliphatic rings. The van der Waals surface area contributed by atoms with E-state index in [1.807, 2.05) is 28.8 Å². The average Bonchev–Trinajstić information content (AvgIpc) is 3.40. The van der Waals surface area contributed by atoms with Crippen molar-refractivity contribution in [2.24, 2.45) is 0 Å². The van der Waals surface area contributed by atoms with Gasteiger partial charge in [0.05, 0.1) is 19.0 Å². The molecule has 2 aromatic heterocycles. The number of halogens is 1. The molecular weight excluding hydrogens is 402 g/mol. The van der Waals surface area contributed by atoms with Crippen LogP contribution < -0.4 is 4.90 Å². The molecule has 0 spiro atoms. The zero-order chi connectivity index (χ0) is 21.1. The Kier molecular flexibility index (Phi) is 6.18. The molecule has 1 saturated heterocycles. The van der Waals surface area contributed by atoms with Gasteiger partial charge in [0.2, 0.25) is 5.28 Å². The Hall–Kier alpha value is -2.66. The summed E-state index contributed by atoms with van der Waals surface area (Å²) >= 11 is 6.31. The topological polar surface area (TPSA) is 76.3 Å². The summed E-state index contributed by atoms with van der Waals surface area (Å²) in [5, 5.41) is 9.54. The fraction of sp³-hybridized carbons (Fsp3) is 0.409. The summed E-state index contributed by atoms with van der Waals surface area (Å²) in [4.78, 5) is 15.7. The van der Waals surface area contributed by atoms with E-state index in [9.17, 15) is 5.11 Å². The summed E-state index contributed by atoms with van der Waals surface area (Å²) in [7, 11) is 0. The molecule has 0 saturated carbocycles. The highest BCUT2D eigenvalue weighted by atomic mass is 35.5. The van der Waals surface area contributed by atoms with Gasteiger partial charge in [0.1, 0.15) is 6.23 Å². The second-order valence-electron chi connectivity index (χ2n) is 7.38. The zero-order valence-electron chi connectivity index (χ0n) is 16.8. The van der Waals surface area contributed by atoms with Crippen LogP contribution in [0.5, 0.6) is 0 Å². The zero-order valence-corrected chi connectivity index (χ0v) is 17.6. The van der Waals surface area contributed by atoms with Crippen LogP contribution in [-0.4, -0.2) is 43.9 Å². The van der Waals surface area contributed by atoms with Crippen molar-refractivity contribution in [1.29, 1.82) is 0 Å².